The van der Waals surface area contributed by atoms with Crippen molar-refractivity contribution in [3.8, 4) is 27.9 Å². The first-order chi connectivity index (χ1) is 20.3. The zero-order chi connectivity index (χ0) is 26.9. The lowest BCUT2D eigenvalue weighted by molar-refractivity contribution is 0.673. The molecule has 192 valence electrons. The highest BCUT2D eigenvalue weighted by Crippen LogP contribution is 2.42. The lowest BCUT2D eigenvalue weighted by atomic mass is 9.95. The van der Waals surface area contributed by atoms with E-state index in [9.17, 15) is 0 Å². The van der Waals surface area contributed by atoms with Crippen molar-refractivity contribution in [1.82, 2.24) is 4.57 Å². The van der Waals surface area contributed by atoms with E-state index in [0.29, 0.717) is 0 Å². The molecule has 0 aliphatic rings. The molecule has 9 aromatic rings. The first kappa shape index (κ1) is 22.7. The molecule has 2 nitrogen and oxygen atoms in total. The van der Waals surface area contributed by atoms with E-state index < -0.39 is 0 Å². The van der Waals surface area contributed by atoms with Gasteiger partial charge >= 0.3 is 0 Å². The van der Waals surface area contributed by atoms with Gasteiger partial charge in [0, 0.05) is 36.6 Å². The minimum absolute atomic E-state index is 0.902. The summed E-state index contributed by atoms with van der Waals surface area (Å²) in [4.78, 5) is 0. The van der Waals surface area contributed by atoms with Crippen LogP contribution in [0.25, 0.3) is 81.1 Å². The first-order valence-corrected chi connectivity index (χ1v) is 14.7. The Balaban J connectivity index is 1.23. The maximum atomic E-state index is 6.62. The zero-order valence-corrected chi connectivity index (χ0v) is 22.9. The van der Waals surface area contributed by atoms with Gasteiger partial charge in [0.25, 0.3) is 0 Å². The van der Waals surface area contributed by atoms with Gasteiger partial charge in [-0.2, -0.15) is 0 Å². The predicted molar refractivity (Wildman–Crippen MR) is 174 cm³/mol. The van der Waals surface area contributed by atoms with Crippen LogP contribution in [0.3, 0.4) is 0 Å². The molecule has 0 atom stereocenters. The van der Waals surface area contributed by atoms with E-state index in [0.717, 1.165) is 44.2 Å². The van der Waals surface area contributed by atoms with Crippen molar-refractivity contribution >= 4 is 64.5 Å². The Bertz CT molecular complexity index is 2420. The predicted octanol–water partition coefficient (Wildman–Crippen LogP) is 11.2. The van der Waals surface area contributed by atoms with Crippen molar-refractivity contribution in [1.29, 1.82) is 0 Å². The summed E-state index contributed by atoms with van der Waals surface area (Å²) < 4.78 is 11.6. The molecule has 3 aromatic heterocycles. The van der Waals surface area contributed by atoms with Gasteiger partial charge in [-0.1, -0.05) is 84.9 Å². The quantitative estimate of drug-likeness (QED) is 0.217. The topological polar surface area (TPSA) is 18.1 Å². The third kappa shape index (κ3) is 3.36. The summed E-state index contributed by atoms with van der Waals surface area (Å²) in [5.74, 6) is 0. The summed E-state index contributed by atoms with van der Waals surface area (Å²) >= 11 is 1.86. The van der Waals surface area contributed by atoms with Gasteiger partial charge in [0.05, 0.1) is 5.52 Å². The molecule has 0 saturated carbocycles. The summed E-state index contributed by atoms with van der Waals surface area (Å²) in [7, 11) is 0. The van der Waals surface area contributed by atoms with Crippen molar-refractivity contribution in [2.75, 3.05) is 0 Å². The Kier molecular flexibility index (Phi) is 4.80. The number of hydrogen-bond donors (Lipinski definition) is 0. The van der Waals surface area contributed by atoms with Gasteiger partial charge in [-0.25, -0.2) is 0 Å². The molecule has 6 aromatic carbocycles. The number of thiophene rings is 1. The van der Waals surface area contributed by atoms with Gasteiger partial charge in [-0.15, -0.1) is 11.3 Å². The van der Waals surface area contributed by atoms with E-state index in [1.165, 1.54) is 36.9 Å². The fourth-order valence-electron chi connectivity index (χ4n) is 6.37. The van der Waals surface area contributed by atoms with Gasteiger partial charge < -0.3 is 8.98 Å². The largest absolute Gasteiger partial charge is 0.454 e. The molecule has 0 N–H and O–H groups in total. The zero-order valence-electron chi connectivity index (χ0n) is 22.0. The first-order valence-electron chi connectivity index (χ1n) is 13.9. The molecule has 0 aliphatic carbocycles. The van der Waals surface area contributed by atoms with E-state index in [4.69, 9.17) is 4.42 Å². The van der Waals surface area contributed by atoms with Gasteiger partial charge in [0.2, 0.25) is 0 Å². The Morgan fingerprint density at radius 1 is 0.512 bits per heavy atom. The van der Waals surface area contributed by atoms with Crippen LogP contribution in [0.1, 0.15) is 0 Å². The highest BCUT2D eigenvalue weighted by atomic mass is 32.1. The Hall–Kier alpha value is -5.12. The number of hydrogen-bond acceptors (Lipinski definition) is 2. The Morgan fingerprint density at radius 2 is 1.24 bits per heavy atom. The molecule has 0 fully saturated rings. The van der Waals surface area contributed by atoms with Gasteiger partial charge in [-0.05, 0) is 76.9 Å². The van der Waals surface area contributed by atoms with Gasteiger partial charge in [-0.3, -0.25) is 0 Å². The van der Waals surface area contributed by atoms with Crippen molar-refractivity contribution < 1.29 is 4.42 Å². The lowest BCUT2D eigenvalue weighted by Gasteiger charge is -2.09. The smallest absolute Gasteiger partial charge is 0.161 e. The summed E-state index contributed by atoms with van der Waals surface area (Å²) in [6.45, 7) is 0. The van der Waals surface area contributed by atoms with Gasteiger partial charge in [0.1, 0.15) is 11.1 Å². The third-order valence-corrected chi connectivity index (χ3v) is 9.34. The van der Waals surface area contributed by atoms with Gasteiger partial charge in [0.15, 0.2) is 5.58 Å². The minimum Gasteiger partial charge on any atom is -0.454 e. The fourth-order valence-corrected chi connectivity index (χ4v) is 7.51. The fraction of sp³-hybridized carbons (Fsp3) is 0. The van der Waals surface area contributed by atoms with Crippen LogP contribution in [0.15, 0.2) is 144 Å². The van der Waals surface area contributed by atoms with Crippen LogP contribution in [-0.4, -0.2) is 4.57 Å². The second kappa shape index (κ2) is 8.69. The number of fused-ring (bicyclic) bond motifs is 8. The van der Waals surface area contributed by atoms with E-state index in [-0.39, 0.29) is 0 Å². The van der Waals surface area contributed by atoms with E-state index in [2.05, 4.69) is 144 Å². The Labute approximate surface area is 240 Å². The monoisotopic (exact) mass is 541 g/mol. The average molecular weight is 542 g/mol. The van der Waals surface area contributed by atoms with E-state index >= 15 is 0 Å². The summed E-state index contributed by atoms with van der Waals surface area (Å²) in [5.41, 5.74) is 10.1. The van der Waals surface area contributed by atoms with Crippen molar-refractivity contribution in [3.05, 3.63) is 140 Å². The number of rotatable bonds is 3. The SMILES string of the molecule is c1ccc(-n2c3ccccc3c3oc4cc(-c5cccc(-c6cccc7sc8ccccc8c67)c5)ccc4c32)cc1. The molecule has 9 rings (SSSR count). The second-order valence-corrected chi connectivity index (χ2v) is 11.6. The molecule has 0 amide bonds. The Morgan fingerprint density at radius 3 is 2.17 bits per heavy atom. The lowest BCUT2D eigenvalue weighted by Crippen LogP contribution is -1.92. The second-order valence-electron chi connectivity index (χ2n) is 10.5. The third-order valence-electron chi connectivity index (χ3n) is 8.20. The van der Waals surface area contributed by atoms with Crippen LogP contribution in [-0.2, 0) is 0 Å². The molecule has 0 unspecified atom stereocenters. The van der Waals surface area contributed by atoms with E-state index in [1.807, 2.05) is 11.3 Å². The molecule has 3 heteroatoms. The van der Waals surface area contributed by atoms with Crippen molar-refractivity contribution in [2.24, 2.45) is 0 Å². The molecule has 3 heterocycles. The normalized spacial score (nSPS) is 11.9. The minimum atomic E-state index is 0.902. The molecule has 0 saturated heterocycles. The molecule has 0 bridgehead atoms. The molecule has 0 radical (unpaired) electrons. The summed E-state index contributed by atoms with van der Waals surface area (Å²) in [6.07, 6.45) is 0. The summed E-state index contributed by atoms with van der Waals surface area (Å²) in [6, 6.07) is 49.9. The number of para-hydroxylation sites is 2. The number of furan rings is 1. The van der Waals surface area contributed by atoms with Crippen LogP contribution in [0.2, 0.25) is 0 Å². The number of aromatic nitrogens is 1. The van der Waals surface area contributed by atoms with E-state index in [1.54, 1.807) is 0 Å². The van der Waals surface area contributed by atoms with Crippen molar-refractivity contribution in [2.45, 2.75) is 0 Å². The standard InChI is InChI=1S/C38H23NOS/c1-2-12-27(13-3-1)39-32-17-6-4-14-29(32)38-37(39)30-21-20-25(23-33(30)40-38)24-10-8-11-26(22-24)28-16-9-19-35-36(28)31-15-5-7-18-34(31)41-35/h1-23H. The number of nitrogens with zero attached hydrogens (tertiary/aromatic N) is 1. The number of benzene rings is 6. The highest BCUT2D eigenvalue weighted by molar-refractivity contribution is 7.25. The van der Waals surface area contributed by atoms with Crippen molar-refractivity contribution in [3.63, 3.8) is 0 Å². The average Bonchev–Trinajstić information content (AvgIpc) is 3.70. The maximum Gasteiger partial charge on any atom is 0.161 e. The van der Waals surface area contributed by atoms with Crippen LogP contribution in [0.4, 0.5) is 0 Å². The maximum absolute atomic E-state index is 6.62. The molecule has 41 heavy (non-hydrogen) atoms. The molecular formula is C38H23NOS. The van der Waals surface area contributed by atoms with Crippen LogP contribution < -0.4 is 0 Å². The van der Waals surface area contributed by atoms with Crippen LogP contribution in [0, 0.1) is 0 Å². The molecule has 0 aliphatic heterocycles. The molecular weight excluding hydrogens is 518 g/mol. The van der Waals surface area contributed by atoms with Crippen LogP contribution >= 0.6 is 11.3 Å². The molecule has 0 spiro atoms. The summed E-state index contributed by atoms with van der Waals surface area (Å²) in [5, 5.41) is 4.91. The highest BCUT2D eigenvalue weighted by Gasteiger charge is 2.19. The van der Waals surface area contributed by atoms with Crippen LogP contribution in [0.5, 0.6) is 0 Å².